The van der Waals surface area contributed by atoms with Crippen molar-refractivity contribution in [3.05, 3.63) is 11.6 Å². The normalized spacial score (nSPS) is 29.3. The highest BCUT2D eigenvalue weighted by Crippen LogP contribution is 2.59. The average Bonchev–Trinajstić information content (AvgIpc) is 2.51. The van der Waals surface area contributed by atoms with E-state index in [4.69, 9.17) is 5.84 Å². The number of hydrazine groups is 1. The van der Waals surface area contributed by atoms with Crippen molar-refractivity contribution in [1.82, 2.24) is 5.43 Å². The van der Waals surface area contributed by atoms with Crippen LogP contribution in [0, 0.1) is 17.3 Å². The van der Waals surface area contributed by atoms with Crippen LogP contribution in [-0.2, 0) is 4.79 Å². The third-order valence-electron chi connectivity index (χ3n) is 2.85. The van der Waals surface area contributed by atoms with Gasteiger partial charge >= 0.3 is 0 Å². The Morgan fingerprint density at radius 2 is 2.00 bits per heavy atom. The molecule has 13 heavy (non-hydrogen) atoms. The van der Waals surface area contributed by atoms with Gasteiger partial charge in [-0.3, -0.25) is 10.2 Å². The molecule has 0 radical (unpaired) electrons. The molecule has 0 aromatic carbocycles. The lowest BCUT2D eigenvalue weighted by molar-refractivity contribution is -0.123. The molecule has 0 unspecified atom stereocenters. The van der Waals surface area contributed by atoms with Gasteiger partial charge in [0.1, 0.15) is 0 Å². The standard InChI is InChI=1S/C10H18N2O/c1-6(2)5-7-8(9(13)12-11)10(7,3)4/h5,7-8H,11H2,1-4H3,(H,12,13)/t7-,8+/m1/s1. The molecule has 0 heterocycles. The number of amides is 1. The van der Waals surface area contributed by atoms with Crippen LogP contribution in [0.25, 0.3) is 0 Å². The second-order valence-corrected chi connectivity index (χ2v) is 4.58. The molecule has 0 aromatic rings. The number of nitrogens with one attached hydrogen (secondary N) is 1. The van der Waals surface area contributed by atoms with Gasteiger partial charge in [-0.1, -0.05) is 25.5 Å². The third-order valence-corrected chi connectivity index (χ3v) is 2.85. The molecule has 0 aliphatic heterocycles. The van der Waals surface area contributed by atoms with E-state index in [1.807, 2.05) is 13.8 Å². The van der Waals surface area contributed by atoms with Gasteiger partial charge in [-0.25, -0.2) is 5.84 Å². The van der Waals surface area contributed by atoms with Crippen molar-refractivity contribution in [2.75, 3.05) is 0 Å². The summed E-state index contributed by atoms with van der Waals surface area (Å²) in [7, 11) is 0. The molecule has 3 N–H and O–H groups in total. The first-order valence-electron chi connectivity index (χ1n) is 4.56. The topological polar surface area (TPSA) is 55.1 Å². The summed E-state index contributed by atoms with van der Waals surface area (Å²) in [6, 6.07) is 0. The third kappa shape index (κ3) is 1.75. The number of nitrogens with two attached hydrogens (primary N) is 1. The van der Waals surface area contributed by atoms with Crippen molar-refractivity contribution in [2.24, 2.45) is 23.1 Å². The second kappa shape index (κ2) is 3.14. The largest absolute Gasteiger partial charge is 0.294 e. The molecule has 3 heteroatoms. The first kappa shape index (κ1) is 10.3. The van der Waals surface area contributed by atoms with Crippen LogP contribution in [0.5, 0.6) is 0 Å². The zero-order chi connectivity index (χ0) is 10.2. The molecule has 0 saturated heterocycles. The van der Waals surface area contributed by atoms with Crippen LogP contribution in [0.4, 0.5) is 0 Å². The molecule has 1 aliphatic carbocycles. The van der Waals surface area contributed by atoms with E-state index >= 15 is 0 Å². The van der Waals surface area contributed by atoms with Crippen molar-refractivity contribution in [2.45, 2.75) is 27.7 Å². The summed E-state index contributed by atoms with van der Waals surface area (Å²) >= 11 is 0. The number of carbonyl (C=O) groups is 1. The van der Waals surface area contributed by atoms with Crippen LogP contribution in [0.2, 0.25) is 0 Å². The quantitative estimate of drug-likeness (QED) is 0.292. The Hall–Kier alpha value is -0.830. The maximum atomic E-state index is 11.3. The Morgan fingerprint density at radius 3 is 2.38 bits per heavy atom. The van der Waals surface area contributed by atoms with Gasteiger partial charge in [-0.2, -0.15) is 0 Å². The summed E-state index contributed by atoms with van der Waals surface area (Å²) in [5, 5.41) is 0. The van der Waals surface area contributed by atoms with Gasteiger partial charge in [0, 0.05) is 0 Å². The Balaban J connectivity index is 2.72. The van der Waals surface area contributed by atoms with Crippen molar-refractivity contribution < 1.29 is 4.79 Å². The minimum Gasteiger partial charge on any atom is -0.294 e. The maximum Gasteiger partial charge on any atom is 0.238 e. The van der Waals surface area contributed by atoms with Gasteiger partial charge < -0.3 is 0 Å². The van der Waals surface area contributed by atoms with Crippen LogP contribution >= 0.6 is 0 Å². The van der Waals surface area contributed by atoms with E-state index in [2.05, 4.69) is 25.3 Å². The summed E-state index contributed by atoms with van der Waals surface area (Å²) in [5.41, 5.74) is 3.54. The molecule has 0 bridgehead atoms. The Labute approximate surface area is 79.3 Å². The molecule has 0 aromatic heterocycles. The number of rotatable bonds is 2. The molecule has 2 atom stereocenters. The molecule has 1 amide bonds. The Bertz CT molecular complexity index is 252. The van der Waals surface area contributed by atoms with E-state index in [0.29, 0.717) is 5.92 Å². The second-order valence-electron chi connectivity index (χ2n) is 4.58. The predicted molar refractivity (Wildman–Crippen MR) is 52.5 cm³/mol. The van der Waals surface area contributed by atoms with Gasteiger partial charge in [0.2, 0.25) is 5.91 Å². The lowest BCUT2D eigenvalue weighted by atomic mass is 10.1. The molecule has 0 spiro atoms. The van der Waals surface area contributed by atoms with Crippen LogP contribution in [0.1, 0.15) is 27.7 Å². The Kier molecular flexibility index (Phi) is 2.48. The van der Waals surface area contributed by atoms with E-state index in [0.717, 1.165) is 0 Å². The predicted octanol–water partition coefficient (Wildman–Crippen LogP) is 1.21. The maximum absolute atomic E-state index is 11.3. The number of allylic oxidation sites excluding steroid dienone is 2. The first-order valence-corrected chi connectivity index (χ1v) is 4.56. The smallest absolute Gasteiger partial charge is 0.238 e. The van der Waals surface area contributed by atoms with Gasteiger partial charge in [-0.05, 0) is 25.2 Å². The molecule has 1 aliphatic rings. The molecule has 3 nitrogen and oxygen atoms in total. The van der Waals surface area contributed by atoms with Crippen LogP contribution in [0.15, 0.2) is 11.6 Å². The highest BCUT2D eigenvalue weighted by Gasteiger charge is 2.60. The highest BCUT2D eigenvalue weighted by atomic mass is 16.2. The number of hydrogen-bond acceptors (Lipinski definition) is 2. The lowest BCUT2D eigenvalue weighted by Crippen LogP contribution is -2.32. The Morgan fingerprint density at radius 1 is 1.46 bits per heavy atom. The molecule has 1 rings (SSSR count). The fourth-order valence-corrected chi connectivity index (χ4v) is 1.94. The van der Waals surface area contributed by atoms with E-state index in [1.165, 1.54) is 5.57 Å². The van der Waals surface area contributed by atoms with E-state index in [1.54, 1.807) is 0 Å². The first-order chi connectivity index (χ1) is 5.91. The highest BCUT2D eigenvalue weighted by molar-refractivity contribution is 5.83. The van der Waals surface area contributed by atoms with Crippen LogP contribution < -0.4 is 11.3 Å². The van der Waals surface area contributed by atoms with E-state index in [9.17, 15) is 4.79 Å². The van der Waals surface area contributed by atoms with E-state index in [-0.39, 0.29) is 17.2 Å². The minimum absolute atomic E-state index is 0.0485. The van der Waals surface area contributed by atoms with Crippen molar-refractivity contribution in [3.8, 4) is 0 Å². The average molecular weight is 182 g/mol. The molecule has 74 valence electrons. The zero-order valence-corrected chi connectivity index (χ0v) is 8.72. The zero-order valence-electron chi connectivity index (χ0n) is 8.72. The van der Waals surface area contributed by atoms with Crippen LogP contribution in [-0.4, -0.2) is 5.91 Å². The molecular formula is C10H18N2O. The summed E-state index contributed by atoms with van der Waals surface area (Å²) < 4.78 is 0. The summed E-state index contributed by atoms with van der Waals surface area (Å²) in [6.45, 7) is 8.28. The minimum atomic E-state index is -0.0486. The fourth-order valence-electron chi connectivity index (χ4n) is 1.94. The van der Waals surface area contributed by atoms with Gasteiger partial charge in [0.15, 0.2) is 0 Å². The van der Waals surface area contributed by atoms with Gasteiger partial charge in [0.25, 0.3) is 0 Å². The van der Waals surface area contributed by atoms with Crippen LogP contribution in [0.3, 0.4) is 0 Å². The van der Waals surface area contributed by atoms with E-state index < -0.39 is 0 Å². The summed E-state index contributed by atoms with van der Waals surface area (Å²) in [4.78, 5) is 11.3. The van der Waals surface area contributed by atoms with Gasteiger partial charge in [-0.15, -0.1) is 0 Å². The van der Waals surface area contributed by atoms with Crippen molar-refractivity contribution >= 4 is 5.91 Å². The summed E-state index contributed by atoms with van der Waals surface area (Å²) in [5.74, 6) is 5.45. The summed E-state index contributed by atoms with van der Waals surface area (Å²) in [6.07, 6.45) is 2.15. The number of hydrogen-bond donors (Lipinski definition) is 2. The monoisotopic (exact) mass is 182 g/mol. The van der Waals surface area contributed by atoms with Crippen molar-refractivity contribution in [1.29, 1.82) is 0 Å². The molecule has 1 saturated carbocycles. The fraction of sp³-hybridized carbons (Fsp3) is 0.700. The van der Waals surface area contributed by atoms with Gasteiger partial charge in [0.05, 0.1) is 5.92 Å². The molecular weight excluding hydrogens is 164 g/mol. The number of carbonyl (C=O) groups excluding carboxylic acids is 1. The van der Waals surface area contributed by atoms with Crippen molar-refractivity contribution in [3.63, 3.8) is 0 Å². The molecule has 1 fully saturated rings. The lowest BCUT2D eigenvalue weighted by Gasteiger charge is -1.99. The SMILES string of the molecule is CC(C)=C[C@@H]1[C@@H](C(=O)NN)C1(C)C.